The Kier molecular flexibility index (Phi) is 6.53. The van der Waals surface area contributed by atoms with E-state index in [2.05, 4.69) is 12.0 Å². The minimum atomic E-state index is -3.14. The van der Waals surface area contributed by atoms with Gasteiger partial charge >= 0.3 is 5.97 Å². The highest BCUT2D eigenvalue weighted by molar-refractivity contribution is 7.77. The maximum absolute atomic E-state index is 14.4. The number of carbonyl (C=O) groups is 1. The van der Waals surface area contributed by atoms with Crippen LogP contribution in [0.4, 0.5) is 0 Å². The van der Waals surface area contributed by atoms with Crippen molar-refractivity contribution in [3.8, 4) is 0 Å². The van der Waals surface area contributed by atoms with Crippen molar-refractivity contribution < 1.29 is 14.1 Å². The van der Waals surface area contributed by atoms with Crippen molar-refractivity contribution in [2.75, 3.05) is 0 Å². The molecule has 2 aromatic carbocycles. The van der Waals surface area contributed by atoms with Crippen LogP contribution in [-0.4, -0.2) is 17.6 Å². The number of cyclic esters (lactones) is 1. The lowest BCUT2D eigenvalue weighted by atomic mass is 9.89. The normalized spacial score (nSPS) is 18.6. The number of benzene rings is 2. The van der Waals surface area contributed by atoms with E-state index in [0.717, 1.165) is 36.3 Å². The van der Waals surface area contributed by atoms with Crippen LogP contribution in [0, 0.1) is 0 Å². The van der Waals surface area contributed by atoms with Crippen molar-refractivity contribution in [2.45, 2.75) is 51.2 Å². The van der Waals surface area contributed by atoms with E-state index in [0.29, 0.717) is 0 Å². The van der Waals surface area contributed by atoms with Crippen LogP contribution in [0.15, 0.2) is 72.8 Å². The molecule has 0 aromatic heterocycles. The number of rotatable bonds is 9. The zero-order valence-electron chi connectivity index (χ0n) is 16.5. The maximum Gasteiger partial charge on any atom is 0.331 e. The van der Waals surface area contributed by atoms with Crippen LogP contribution in [-0.2, 0) is 14.1 Å². The van der Waals surface area contributed by atoms with Crippen molar-refractivity contribution >= 4 is 23.9 Å². The van der Waals surface area contributed by atoms with Crippen LogP contribution in [0.5, 0.6) is 0 Å². The molecule has 1 aliphatic rings. The molecule has 28 heavy (non-hydrogen) atoms. The van der Waals surface area contributed by atoms with Crippen LogP contribution in [0.3, 0.4) is 0 Å². The molecule has 1 aliphatic heterocycles. The van der Waals surface area contributed by atoms with Crippen molar-refractivity contribution in [3.05, 3.63) is 72.8 Å². The van der Waals surface area contributed by atoms with Gasteiger partial charge in [0.15, 0.2) is 0 Å². The van der Waals surface area contributed by atoms with Gasteiger partial charge in [-0.2, -0.15) is 0 Å². The van der Waals surface area contributed by atoms with Gasteiger partial charge in [-0.25, -0.2) is 4.79 Å². The van der Waals surface area contributed by atoms with Crippen molar-refractivity contribution in [1.29, 1.82) is 0 Å². The van der Waals surface area contributed by atoms with E-state index < -0.39 is 18.9 Å². The molecule has 2 aromatic rings. The van der Waals surface area contributed by atoms with Gasteiger partial charge in [-0.1, -0.05) is 62.6 Å². The Balaban J connectivity index is 2.02. The lowest BCUT2D eigenvalue weighted by molar-refractivity contribution is -0.141. The third kappa shape index (κ3) is 4.45. The molecule has 4 nitrogen and oxygen atoms in total. The quantitative estimate of drug-likeness (QED) is 0.389. The molecule has 0 radical (unpaired) electrons. The third-order valence-electron chi connectivity index (χ3n) is 5.23. The minimum Gasteiger partial charge on any atom is -0.453 e. The summed E-state index contributed by atoms with van der Waals surface area (Å²) in [5.74, 6) is -0.345. The summed E-state index contributed by atoms with van der Waals surface area (Å²) >= 11 is 0. The van der Waals surface area contributed by atoms with Crippen LogP contribution in [0.1, 0.15) is 39.5 Å². The first-order chi connectivity index (χ1) is 13.5. The first-order valence-electron chi connectivity index (χ1n) is 9.87. The Bertz CT molecular complexity index is 822. The highest BCUT2D eigenvalue weighted by atomic mass is 31.2. The first kappa shape index (κ1) is 20.6. The van der Waals surface area contributed by atoms with E-state index in [-0.39, 0.29) is 5.97 Å². The zero-order valence-corrected chi connectivity index (χ0v) is 17.4. The average Bonchev–Trinajstić information content (AvgIpc) is 3.17. The molecule has 3 rings (SSSR count). The van der Waals surface area contributed by atoms with Gasteiger partial charge in [0.05, 0.1) is 5.54 Å². The van der Waals surface area contributed by atoms with Crippen molar-refractivity contribution in [3.63, 3.8) is 0 Å². The number of nitrogens with one attached hydrogen (secondary N) is 1. The number of ether oxygens (including phenoxy) is 1. The average molecular weight is 397 g/mol. The number of carbonyl (C=O) groups excluding carboxylic acids is 1. The van der Waals surface area contributed by atoms with Gasteiger partial charge in [-0.05, 0) is 43.7 Å². The molecule has 0 aliphatic carbocycles. The third-order valence-corrected chi connectivity index (χ3v) is 8.11. The van der Waals surface area contributed by atoms with Crippen LogP contribution in [0.2, 0.25) is 0 Å². The second kappa shape index (κ2) is 8.89. The molecule has 1 N–H and O–H groups in total. The Morgan fingerprint density at radius 3 is 2.04 bits per heavy atom. The van der Waals surface area contributed by atoms with Crippen LogP contribution < -0.4 is 15.7 Å². The predicted molar refractivity (Wildman–Crippen MR) is 114 cm³/mol. The van der Waals surface area contributed by atoms with Gasteiger partial charge in [-0.3, -0.25) is 9.65 Å². The molecular formula is C23H28NO3P. The van der Waals surface area contributed by atoms with E-state index >= 15 is 0 Å². The van der Waals surface area contributed by atoms with Gasteiger partial charge in [0, 0.05) is 16.7 Å². The topological polar surface area (TPSA) is 55.4 Å². The largest absolute Gasteiger partial charge is 0.453 e. The van der Waals surface area contributed by atoms with Crippen molar-refractivity contribution in [2.24, 2.45) is 0 Å². The lowest BCUT2D eigenvalue weighted by Gasteiger charge is -2.38. The van der Waals surface area contributed by atoms with Gasteiger partial charge in [0.1, 0.15) is 6.10 Å². The fourth-order valence-corrected chi connectivity index (χ4v) is 6.33. The van der Waals surface area contributed by atoms with Gasteiger partial charge in [-0.15, -0.1) is 0 Å². The Labute approximate surface area is 167 Å². The molecule has 0 unspecified atom stereocenters. The maximum atomic E-state index is 14.4. The molecule has 0 amide bonds. The molecule has 148 valence electrons. The van der Waals surface area contributed by atoms with E-state index in [1.165, 1.54) is 6.08 Å². The zero-order chi connectivity index (χ0) is 20.0. The number of hydrogen-bond donors (Lipinski definition) is 1. The molecule has 2 atom stereocenters. The number of hydrogen-bond acceptors (Lipinski definition) is 3. The Morgan fingerprint density at radius 2 is 1.57 bits per heavy atom. The molecule has 0 fully saturated rings. The summed E-state index contributed by atoms with van der Waals surface area (Å²) in [7, 11) is -3.14. The molecule has 5 heteroatoms. The Morgan fingerprint density at radius 1 is 1.00 bits per heavy atom. The first-order valence-corrected chi connectivity index (χ1v) is 11.6. The fraction of sp³-hybridized carbons (Fsp3) is 0.348. The molecule has 0 saturated heterocycles. The summed E-state index contributed by atoms with van der Waals surface area (Å²) in [6, 6.07) is 19.0. The molecular weight excluding hydrogens is 369 g/mol. The second-order valence-electron chi connectivity index (χ2n) is 7.48. The summed E-state index contributed by atoms with van der Waals surface area (Å²) in [6.45, 7) is 4.16. The smallest absolute Gasteiger partial charge is 0.331 e. The summed E-state index contributed by atoms with van der Waals surface area (Å²) in [5, 5.41) is 4.98. The second-order valence-corrected chi connectivity index (χ2v) is 9.96. The molecule has 0 spiro atoms. The standard InChI is InChI=1S/C23H28NO3P/c1-3-4-11-18-23(2,21-16-17-22(25)27-21)24-28(26,19-12-7-5-8-13-19)20-14-9-6-10-15-20/h5-10,12-17,21H,3-4,11,18H2,1-2H3,(H,24,26)/t21-,23+/m1/s1. The summed E-state index contributed by atoms with van der Waals surface area (Å²) in [5.41, 5.74) is -0.640. The summed E-state index contributed by atoms with van der Waals surface area (Å²) in [4.78, 5) is 11.7. The summed E-state index contributed by atoms with van der Waals surface area (Å²) in [6.07, 6.45) is 6.67. The minimum absolute atomic E-state index is 0.345. The van der Waals surface area contributed by atoms with Crippen LogP contribution in [0.25, 0.3) is 0 Å². The van der Waals surface area contributed by atoms with Gasteiger partial charge in [0.2, 0.25) is 7.29 Å². The van der Waals surface area contributed by atoms with E-state index in [4.69, 9.17) is 4.74 Å². The molecule has 1 heterocycles. The Hall–Kier alpha value is -2.16. The molecule has 0 bridgehead atoms. The highest BCUT2D eigenvalue weighted by Gasteiger charge is 2.43. The van der Waals surface area contributed by atoms with Crippen molar-refractivity contribution in [1.82, 2.24) is 5.09 Å². The van der Waals surface area contributed by atoms with E-state index in [1.54, 1.807) is 6.08 Å². The fourth-order valence-electron chi connectivity index (χ4n) is 3.63. The number of esters is 1. The van der Waals surface area contributed by atoms with E-state index in [9.17, 15) is 9.36 Å². The summed E-state index contributed by atoms with van der Waals surface area (Å²) < 4.78 is 20.0. The predicted octanol–water partition coefficient (Wildman–Crippen LogP) is 4.33. The van der Waals surface area contributed by atoms with Gasteiger partial charge in [0.25, 0.3) is 0 Å². The number of unbranched alkanes of at least 4 members (excludes halogenated alkanes) is 2. The van der Waals surface area contributed by atoms with Crippen LogP contribution >= 0.6 is 7.29 Å². The highest BCUT2D eigenvalue weighted by Crippen LogP contribution is 2.44. The molecule has 0 saturated carbocycles. The lowest BCUT2D eigenvalue weighted by Crippen LogP contribution is -2.52. The van der Waals surface area contributed by atoms with E-state index in [1.807, 2.05) is 67.6 Å². The van der Waals surface area contributed by atoms with Gasteiger partial charge < -0.3 is 4.74 Å². The monoisotopic (exact) mass is 397 g/mol. The SMILES string of the molecule is CCCCC[C@](C)(NP(=O)(c1ccccc1)c1ccccc1)[C@H]1C=CC(=O)O1.